The lowest BCUT2D eigenvalue weighted by molar-refractivity contribution is 0.863. The van der Waals surface area contributed by atoms with E-state index in [1.807, 2.05) is 49.8 Å². The third-order valence-electron chi connectivity index (χ3n) is 3.97. The Labute approximate surface area is 139 Å². The molecule has 1 aromatic carbocycles. The topological polar surface area (TPSA) is 60.0 Å². The largest absolute Gasteiger partial charge is 0.363 e. The van der Waals surface area contributed by atoms with Crippen LogP contribution in [-0.4, -0.2) is 24.4 Å². The summed E-state index contributed by atoms with van der Waals surface area (Å²) < 4.78 is 3.56. The summed E-state index contributed by atoms with van der Waals surface area (Å²) in [7, 11) is 0. The lowest BCUT2D eigenvalue weighted by Crippen LogP contribution is -2.08. The average molecular weight is 318 g/mol. The molecule has 0 amide bonds. The molecule has 0 aliphatic rings. The molecule has 24 heavy (non-hydrogen) atoms. The molecule has 1 N–H and O–H groups in total. The normalized spacial score (nSPS) is 12.4. The molecule has 0 aliphatic carbocycles. The van der Waals surface area contributed by atoms with Crippen LogP contribution in [0.1, 0.15) is 24.1 Å². The highest BCUT2D eigenvalue weighted by Crippen LogP contribution is 2.20. The second kappa shape index (κ2) is 5.81. The number of hydrogen-bond acceptors (Lipinski definition) is 4. The molecule has 4 rings (SSSR count). The van der Waals surface area contributed by atoms with Gasteiger partial charge in [-0.3, -0.25) is 0 Å². The van der Waals surface area contributed by atoms with E-state index in [0.29, 0.717) is 0 Å². The first kappa shape index (κ1) is 14.4. The zero-order valence-corrected chi connectivity index (χ0v) is 13.6. The number of aromatic nitrogens is 5. The van der Waals surface area contributed by atoms with Crippen LogP contribution in [-0.2, 0) is 0 Å². The van der Waals surface area contributed by atoms with Crippen molar-refractivity contribution in [1.82, 2.24) is 24.4 Å². The molecule has 6 heteroatoms. The first-order chi connectivity index (χ1) is 11.7. The third-order valence-corrected chi connectivity index (χ3v) is 3.97. The van der Waals surface area contributed by atoms with E-state index in [1.54, 1.807) is 15.4 Å². The first-order valence-corrected chi connectivity index (χ1v) is 7.88. The zero-order valence-electron chi connectivity index (χ0n) is 13.6. The van der Waals surface area contributed by atoms with E-state index >= 15 is 0 Å². The summed E-state index contributed by atoms with van der Waals surface area (Å²) in [4.78, 5) is 4.71. The van der Waals surface area contributed by atoms with Gasteiger partial charge in [0.15, 0.2) is 5.65 Å². The second-order valence-corrected chi connectivity index (χ2v) is 5.85. The van der Waals surface area contributed by atoms with Crippen molar-refractivity contribution in [2.24, 2.45) is 0 Å². The number of benzene rings is 1. The van der Waals surface area contributed by atoms with Crippen molar-refractivity contribution in [1.29, 1.82) is 0 Å². The van der Waals surface area contributed by atoms with Crippen LogP contribution in [0.15, 0.2) is 61.2 Å². The summed E-state index contributed by atoms with van der Waals surface area (Å²) in [5.41, 5.74) is 3.94. The molecular formula is C18H18N6. The van der Waals surface area contributed by atoms with Gasteiger partial charge in [-0.25, -0.2) is 14.2 Å². The van der Waals surface area contributed by atoms with Gasteiger partial charge in [0.2, 0.25) is 0 Å². The fourth-order valence-electron chi connectivity index (χ4n) is 2.69. The summed E-state index contributed by atoms with van der Waals surface area (Å²) in [6.45, 7) is 4.13. The predicted octanol–water partition coefficient (Wildman–Crippen LogP) is 3.40. The van der Waals surface area contributed by atoms with Crippen LogP contribution in [0.25, 0.3) is 11.3 Å². The fraction of sp³-hybridized carbons (Fsp3) is 0.167. The van der Waals surface area contributed by atoms with Gasteiger partial charge in [0, 0.05) is 18.4 Å². The van der Waals surface area contributed by atoms with Crippen molar-refractivity contribution >= 4 is 11.5 Å². The molecule has 6 nitrogen and oxygen atoms in total. The SMILES string of the molecule is Cc1cnn(-c2cnn3ccc(NC(C)c4ccccc4)nc23)c1. The number of fused-ring (bicyclic) bond motifs is 1. The van der Waals surface area contributed by atoms with Gasteiger partial charge in [0.1, 0.15) is 11.5 Å². The minimum absolute atomic E-state index is 0.166. The van der Waals surface area contributed by atoms with Crippen molar-refractivity contribution in [2.45, 2.75) is 19.9 Å². The Kier molecular flexibility index (Phi) is 3.49. The Morgan fingerprint density at radius 1 is 1.04 bits per heavy atom. The Morgan fingerprint density at radius 3 is 2.62 bits per heavy atom. The van der Waals surface area contributed by atoms with Gasteiger partial charge < -0.3 is 5.32 Å². The minimum atomic E-state index is 0.166. The van der Waals surface area contributed by atoms with E-state index in [2.05, 4.69) is 34.6 Å². The summed E-state index contributed by atoms with van der Waals surface area (Å²) in [6, 6.07) is 12.4. The van der Waals surface area contributed by atoms with E-state index in [0.717, 1.165) is 22.7 Å². The Bertz CT molecular complexity index is 970. The van der Waals surface area contributed by atoms with Crippen molar-refractivity contribution in [3.8, 4) is 5.69 Å². The van der Waals surface area contributed by atoms with Crippen molar-refractivity contribution in [3.05, 3.63) is 72.3 Å². The highest BCUT2D eigenvalue weighted by Gasteiger charge is 2.11. The van der Waals surface area contributed by atoms with Crippen LogP contribution in [0.5, 0.6) is 0 Å². The highest BCUT2D eigenvalue weighted by molar-refractivity contribution is 5.60. The minimum Gasteiger partial charge on any atom is -0.363 e. The van der Waals surface area contributed by atoms with Gasteiger partial charge in [0.25, 0.3) is 0 Å². The number of anilines is 1. The summed E-state index contributed by atoms with van der Waals surface area (Å²) in [5, 5.41) is 12.1. The van der Waals surface area contributed by atoms with Crippen LogP contribution in [0.3, 0.4) is 0 Å². The maximum absolute atomic E-state index is 4.71. The van der Waals surface area contributed by atoms with Crippen molar-refractivity contribution in [2.75, 3.05) is 5.32 Å². The van der Waals surface area contributed by atoms with Crippen LogP contribution in [0, 0.1) is 6.92 Å². The summed E-state index contributed by atoms with van der Waals surface area (Å²) >= 11 is 0. The molecule has 0 spiro atoms. The first-order valence-electron chi connectivity index (χ1n) is 7.88. The van der Waals surface area contributed by atoms with E-state index < -0.39 is 0 Å². The van der Waals surface area contributed by atoms with Crippen molar-refractivity contribution in [3.63, 3.8) is 0 Å². The average Bonchev–Trinajstić information content (AvgIpc) is 3.21. The quantitative estimate of drug-likeness (QED) is 0.626. The number of aryl methyl sites for hydroxylation is 1. The van der Waals surface area contributed by atoms with E-state index in [1.165, 1.54) is 5.56 Å². The van der Waals surface area contributed by atoms with E-state index in [-0.39, 0.29) is 6.04 Å². The van der Waals surface area contributed by atoms with Gasteiger partial charge in [-0.15, -0.1) is 0 Å². The molecule has 1 unspecified atom stereocenters. The van der Waals surface area contributed by atoms with Crippen LogP contribution in [0.4, 0.5) is 5.82 Å². The van der Waals surface area contributed by atoms with Gasteiger partial charge in [-0.1, -0.05) is 30.3 Å². The lowest BCUT2D eigenvalue weighted by Gasteiger charge is -2.15. The zero-order chi connectivity index (χ0) is 16.5. The Hall–Kier alpha value is -3.15. The summed E-state index contributed by atoms with van der Waals surface area (Å²) in [6.07, 6.45) is 7.47. The molecule has 0 fully saturated rings. The van der Waals surface area contributed by atoms with Gasteiger partial charge in [-0.2, -0.15) is 10.2 Å². The van der Waals surface area contributed by atoms with E-state index in [4.69, 9.17) is 4.98 Å². The van der Waals surface area contributed by atoms with Gasteiger partial charge in [0.05, 0.1) is 12.4 Å². The maximum Gasteiger partial charge on any atom is 0.183 e. The molecule has 0 saturated heterocycles. The molecule has 0 aliphatic heterocycles. The number of rotatable bonds is 4. The highest BCUT2D eigenvalue weighted by atomic mass is 15.3. The Balaban J connectivity index is 1.67. The number of nitrogens with one attached hydrogen (secondary N) is 1. The molecule has 3 heterocycles. The summed E-state index contributed by atoms with van der Waals surface area (Å²) in [5.74, 6) is 0.810. The molecule has 1 atom stereocenters. The fourth-order valence-corrected chi connectivity index (χ4v) is 2.69. The van der Waals surface area contributed by atoms with Gasteiger partial charge >= 0.3 is 0 Å². The predicted molar refractivity (Wildman–Crippen MR) is 93.3 cm³/mol. The molecule has 0 radical (unpaired) electrons. The molecule has 120 valence electrons. The standard InChI is InChI=1S/C18H18N6/c1-13-10-19-24(12-13)16-11-20-23-9-8-17(22-18(16)23)21-14(2)15-6-4-3-5-7-15/h3-12,14H,1-2H3,(H,21,22). The van der Waals surface area contributed by atoms with Crippen LogP contribution < -0.4 is 5.32 Å². The monoisotopic (exact) mass is 318 g/mol. The molecule has 0 bridgehead atoms. The maximum atomic E-state index is 4.71. The Morgan fingerprint density at radius 2 is 1.88 bits per heavy atom. The van der Waals surface area contributed by atoms with Crippen LogP contribution in [0.2, 0.25) is 0 Å². The molecule has 0 saturated carbocycles. The number of hydrogen-bond donors (Lipinski definition) is 1. The third kappa shape index (κ3) is 2.62. The van der Waals surface area contributed by atoms with E-state index in [9.17, 15) is 0 Å². The number of nitrogens with zero attached hydrogens (tertiary/aromatic N) is 5. The molecular weight excluding hydrogens is 300 g/mol. The second-order valence-electron chi connectivity index (χ2n) is 5.85. The van der Waals surface area contributed by atoms with Crippen molar-refractivity contribution < 1.29 is 0 Å². The van der Waals surface area contributed by atoms with Crippen LogP contribution >= 0.6 is 0 Å². The van der Waals surface area contributed by atoms with Gasteiger partial charge in [-0.05, 0) is 31.0 Å². The smallest absolute Gasteiger partial charge is 0.183 e. The molecule has 3 aromatic heterocycles. The lowest BCUT2D eigenvalue weighted by atomic mass is 10.1. The molecule has 4 aromatic rings.